The van der Waals surface area contributed by atoms with Gasteiger partial charge in [0.25, 0.3) is 0 Å². The van der Waals surface area contributed by atoms with Gasteiger partial charge in [-0.15, -0.1) is 0 Å². The summed E-state index contributed by atoms with van der Waals surface area (Å²) in [5, 5.41) is 0. The number of allylic oxidation sites excluding steroid dienone is 2. The van der Waals surface area contributed by atoms with Gasteiger partial charge in [-0.3, -0.25) is 4.79 Å². The molecule has 0 N–H and O–H groups in total. The quantitative estimate of drug-likeness (QED) is 0.226. The van der Waals surface area contributed by atoms with Gasteiger partial charge in [-0.05, 0) is 59.6 Å². The van der Waals surface area contributed by atoms with Crippen molar-refractivity contribution in [1.82, 2.24) is 0 Å². The molecule has 0 heterocycles. The molecule has 0 bridgehead atoms. The fraction of sp³-hybridized carbons (Fsp3) is 0.464. The maximum atomic E-state index is 11.4. The summed E-state index contributed by atoms with van der Waals surface area (Å²) in [6.45, 7) is 4.08. The predicted molar refractivity (Wildman–Crippen MR) is 126 cm³/mol. The van der Waals surface area contributed by atoms with Gasteiger partial charge in [0.05, 0.1) is 0 Å². The number of carbonyl (C=O) groups excluding carboxylic acids is 1. The number of rotatable bonds is 10. The van der Waals surface area contributed by atoms with Crippen LogP contribution in [-0.2, 0) is 4.79 Å². The second-order valence-electron chi connectivity index (χ2n) is 8.50. The molecule has 0 amide bonds. The zero-order valence-electron chi connectivity index (χ0n) is 18.7. The molecule has 0 aromatic heterocycles. The van der Waals surface area contributed by atoms with Gasteiger partial charge in [-0.2, -0.15) is 0 Å². The molecule has 0 saturated heterocycles. The van der Waals surface area contributed by atoms with E-state index in [-0.39, 0.29) is 5.97 Å². The Morgan fingerprint density at radius 2 is 1.50 bits per heavy atom. The lowest BCUT2D eigenvalue weighted by Crippen LogP contribution is -2.05. The highest BCUT2D eigenvalue weighted by atomic mass is 16.5. The molecule has 3 rings (SSSR count). The average molecular weight is 405 g/mol. The Hall–Kier alpha value is -2.35. The summed E-state index contributed by atoms with van der Waals surface area (Å²) in [7, 11) is 0. The Kier molecular flexibility index (Phi) is 8.74. The van der Waals surface area contributed by atoms with E-state index in [2.05, 4.69) is 37.3 Å². The molecule has 160 valence electrons. The van der Waals surface area contributed by atoms with Gasteiger partial charge < -0.3 is 4.74 Å². The molecule has 2 aromatic rings. The highest BCUT2D eigenvalue weighted by Crippen LogP contribution is 2.34. The smallest absolute Gasteiger partial charge is 0.310 e. The van der Waals surface area contributed by atoms with Gasteiger partial charge in [0.15, 0.2) is 0 Å². The topological polar surface area (TPSA) is 26.3 Å². The van der Waals surface area contributed by atoms with Crippen molar-refractivity contribution >= 4 is 11.5 Å². The van der Waals surface area contributed by atoms with Crippen LogP contribution in [0.1, 0.15) is 83.6 Å². The minimum atomic E-state index is -0.202. The van der Waals surface area contributed by atoms with Crippen LogP contribution in [0.3, 0.4) is 0 Å². The van der Waals surface area contributed by atoms with Crippen LogP contribution in [-0.4, -0.2) is 5.97 Å². The summed E-state index contributed by atoms with van der Waals surface area (Å²) in [4.78, 5) is 11.4. The van der Waals surface area contributed by atoms with Crippen LogP contribution in [0.15, 0.2) is 54.6 Å². The monoisotopic (exact) mass is 404 g/mol. The zero-order chi connectivity index (χ0) is 21.2. The van der Waals surface area contributed by atoms with Crippen LogP contribution < -0.4 is 4.74 Å². The summed E-state index contributed by atoms with van der Waals surface area (Å²) in [5.74, 6) is 1.29. The summed E-state index contributed by atoms with van der Waals surface area (Å²) in [6, 6.07) is 16.6. The van der Waals surface area contributed by atoms with Gasteiger partial charge in [0.1, 0.15) is 5.75 Å². The van der Waals surface area contributed by atoms with Crippen molar-refractivity contribution < 1.29 is 9.53 Å². The standard InChI is InChI=1S/C28H36O2/c1-3-5-6-7-8-9-22-10-12-23(13-11-22)24-14-16-25(17-15-24)26-18-20-27(21-19-26)30-28(29)4-2/h12,14-22H,3-11,13H2,1-2H3. The van der Waals surface area contributed by atoms with Crippen molar-refractivity contribution in [3.05, 3.63) is 60.2 Å². The predicted octanol–water partition coefficient (Wildman–Crippen LogP) is 8.21. The van der Waals surface area contributed by atoms with E-state index in [4.69, 9.17) is 4.74 Å². The summed E-state index contributed by atoms with van der Waals surface area (Å²) in [6.07, 6.45) is 15.0. The minimum absolute atomic E-state index is 0.202. The van der Waals surface area contributed by atoms with Crippen molar-refractivity contribution in [1.29, 1.82) is 0 Å². The Morgan fingerprint density at radius 3 is 2.10 bits per heavy atom. The van der Waals surface area contributed by atoms with E-state index in [0.29, 0.717) is 12.2 Å². The van der Waals surface area contributed by atoms with E-state index < -0.39 is 0 Å². The number of unbranched alkanes of at least 4 members (excludes halogenated alkanes) is 4. The molecule has 2 nitrogen and oxygen atoms in total. The van der Waals surface area contributed by atoms with Crippen molar-refractivity contribution in [2.75, 3.05) is 0 Å². The van der Waals surface area contributed by atoms with Crippen LogP contribution in [0, 0.1) is 5.92 Å². The molecule has 0 saturated carbocycles. The Morgan fingerprint density at radius 1 is 0.867 bits per heavy atom. The first kappa shape index (κ1) is 22.3. The van der Waals surface area contributed by atoms with Crippen molar-refractivity contribution in [2.24, 2.45) is 5.92 Å². The lowest BCUT2D eigenvalue weighted by molar-refractivity contribution is -0.134. The second kappa shape index (κ2) is 11.7. The number of ether oxygens (including phenoxy) is 1. The number of hydrogen-bond acceptors (Lipinski definition) is 2. The first-order chi connectivity index (χ1) is 14.7. The number of hydrogen-bond donors (Lipinski definition) is 0. The van der Waals surface area contributed by atoms with Gasteiger partial charge in [-0.25, -0.2) is 0 Å². The van der Waals surface area contributed by atoms with Crippen molar-refractivity contribution in [3.63, 3.8) is 0 Å². The normalized spacial score (nSPS) is 16.2. The van der Waals surface area contributed by atoms with E-state index in [1.807, 2.05) is 24.3 Å². The molecule has 1 aliphatic rings. The fourth-order valence-corrected chi connectivity index (χ4v) is 4.25. The van der Waals surface area contributed by atoms with Gasteiger partial charge in [0, 0.05) is 6.42 Å². The molecule has 0 spiro atoms. The van der Waals surface area contributed by atoms with Crippen LogP contribution in [0.5, 0.6) is 5.75 Å². The van der Waals surface area contributed by atoms with Gasteiger partial charge in [0.2, 0.25) is 0 Å². The van der Waals surface area contributed by atoms with E-state index in [1.165, 1.54) is 74.5 Å². The highest BCUT2D eigenvalue weighted by molar-refractivity contribution is 5.73. The molecule has 0 fully saturated rings. The molecule has 2 heteroatoms. The SMILES string of the molecule is CCCCCCCC1CC=C(c2ccc(-c3ccc(OC(=O)CC)cc3)cc2)CC1. The molecular formula is C28H36O2. The number of carbonyl (C=O) groups is 1. The molecule has 2 aromatic carbocycles. The molecule has 30 heavy (non-hydrogen) atoms. The highest BCUT2D eigenvalue weighted by Gasteiger charge is 2.15. The third-order valence-electron chi connectivity index (χ3n) is 6.20. The van der Waals surface area contributed by atoms with Gasteiger partial charge >= 0.3 is 5.97 Å². The molecule has 1 aliphatic carbocycles. The molecule has 1 unspecified atom stereocenters. The summed E-state index contributed by atoms with van der Waals surface area (Å²) in [5.41, 5.74) is 5.19. The molecule has 0 aliphatic heterocycles. The minimum Gasteiger partial charge on any atom is -0.427 e. The van der Waals surface area contributed by atoms with Crippen molar-refractivity contribution in [2.45, 2.75) is 78.1 Å². The number of benzene rings is 2. The zero-order valence-corrected chi connectivity index (χ0v) is 18.7. The summed E-state index contributed by atoms with van der Waals surface area (Å²) >= 11 is 0. The van der Waals surface area contributed by atoms with Crippen LogP contribution >= 0.6 is 0 Å². The largest absolute Gasteiger partial charge is 0.427 e. The Labute approximate surface area is 182 Å². The second-order valence-corrected chi connectivity index (χ2v) is 8.50. The average Bonchev–Trinajstić information content (AvgIpc) is 2.80. The van der Waals surface area contributed by atoms with Gasteiger partial charge in [-0.1, -0.05) is 94.8 Å². The third-order valence-corrected chi connectivity index (χ3v) is 6.20. The van der Waals surface area contributed by atoms with E-state index >= 15 is 0 Å². The lowest BCUT2D eigenvalue weighted by atomic mass is 9.83. The Balaban J connectivity index is 1.52. The van der Waals surface area contributed by atoms with E-state index in [0.717, 1.165) is 11.5 Å². The molecule has 0 radical (unpaired) electrons. The number of esters is 1. The first-order valence-electron chi connectivity index (χ1n) is 11.8. The van der Waals surface area contributed by atoms with Crippen LogP contribution in [0.2, 0.25) is 0 Å². The van der Waals surface area contributed by atoms with E-state index in [1.54, 1.807) is 6.92 Å². The molecule has 1 atom stereocenters. The van der Waals surface area contributed by atoms with Crippen LogP contribution in [0.4, 0.5) is 0 Å². The first-order valence-corrected chi connectivity index (χ1v) is 11.8. The maximum absolute atomic E-state index is 11.4. The summed E-state index contributed by atoms with van der Waals surface area (Å²) < 4.78 is 5.26. The van der Waals surface area contributed by atoms with E-state index in [9.17, 15) is 4.79 Å². The maximum Gasteiger partial charge on any atom is 0.310 e. The lowest BCUT2D eigenvalue weighted by Gasteiger charge is -2.22. The molecular weight excluding hydrogens is 368 g/mol. The Bertz CT molecular complexity index is 815. The van der Waals surface area contributed by atoms with Crippen molar-refractivity contribution in [3.8, 4) is 16.9 Å². The fourth-order valence-electron chi connectivity index (χ4n) is 4.25. The van der Waals surface area contributed by atoms with Crippen LogP contribution in [0.25, 0.3) is 16.7 Å². The third kappa shape index (κ3) is 6.58.